The predicted molar refractivity (Wildman–Crippen MR) is 82.0 cm³/mol. The van der Waals surface area contributed by atoms with Crippen molar-refractivity contribution in [3.8, 4) is 0 Å². The normalized spacial score (nSPS) is 15.0. The first-order valence-corrected chi connectivity index (χ1v) is 8.77. The van der Waals surface area contributed by atoms with Crippen LogP contribution in [0.4, 0.5) is 13.2 Å². The van der Waals surface area contributed by atoms with Gasteiger partial charge in [0, 0.05) is 0 Å². The number of alkyl halides is 3. The lowest BCUT2D eigenvalue weighted by atomic mass is 10.0. The Labute approximate surface area is 143 Å². The van der Waals surface area contributed by atoms with E-state index in [9.17, 15) is 26.4 Å². The average molecular weight is 388 g/mol. The van der Waals surface area contributed by atoms with Crippen molar-refractivity contribution in [3.63, 3.8) is 0 Å². The molecule has 136 valence electrons. The van der Waals surface area contributed by atoms with E-state index < -0.39 is 49.6 Å². The number of carbonyl (C=O) groups excluding carboxylic acids is 1. The summed E-state index contributed by atoms with van der Waals surface area (Å²) in [5, 5.41) is -0.618. The lowest BCUT2D eigenvalue weighted by molar-refractivity contribution is -0.144. The molecule has 1 aromatic carbocycles. The third-order valence-electron chi connectivity index (χ3n) is 3.50. The van der Waals surface area contributed by atoms with Crippen LogP contribution < -0.4 is 4.72 Å². The van der Waals surface area contributed by atoms with Gasteiger partial charge in [0.05, 0.1) is 22.6 Å². The van der Waals surface area contributed by atoms with Crippen molar-refractivity contribution in [3.05, 3.63) is 28.8 Å². The summed E-state index contributed by atoms with van der Waals surface area (Å²) in [5.41, 5.74) is -1.27. The highest BCUT2D eigenvalue weighted by molar-refractivity contribution is 7.89. The van der Waals surface area contributed by atoms with Crippen LogP contribution in [0.2, 0.25) is 5.02 Å². The van der Waals surface area contributed by atoms with E-state index in [4.69, 9.17) is 11.6 Å². The molecule has 0 aliphatic carbocycles. The van der Waals surface area contributed by atoms with Gasteiger partial charge in [-0.2, -0.15) is 17.9 Å². The van der Waals surface area contributed by atoms with Crippen LogP contribution in [-0.2, 0) is 25.7 Å². The highest BCUT2D eigenvalue weighted by Gasteiger charge is 2.36. The molecule has 0 heterocycles. The molecule has 0 aliphatic rings. The molecule has 1 rings (SSSR count). The number of halogens is 4. The molecule has 0 bridgehead atoms. The van der Waals surface area contributed by atoms with Gasteiger partial charge in [-0.25, -0.2) is 8.42 Å². The Hall–Kier alpha value is -1.32. The Morgan fingerprint density at radius 2 is 1.96 bits per heavy atom. The number of nitrogens with one attached hydrogen (secondary N) is 1. The van der Waals surface area contributed by atoms with Crippen LogP contribution in [0.25, 0.3) is 0 Å². The van der Waals surface area contributed by atoms with Gasteiger partial charge in [-0.3, -0.25) is 4.79 Å². The molecular formula is C14H17ClF3NO4S. The van der Waals surface area contributed by atoms with Crippen molar-refractivity contribution in [2.45, 2.75) is 37.4 Å². The fourth-order valence-corrected chi connectivity index (χ4v) is 3.43. The first-order valence-electron chi connectivity index (χ1n) is 6.91. The summed E-state index contributed by atoms with van der Waals surface area (Å²) in [7, 11) is -3.29. The molecule has 0 spiro atoms. The number of benzene rings is 1. The van der Waals surface area contributed by atoms with Crippen LogP contribution in [0.1, 0.15) is 25.8 Å². The van der Waals surface area contributed by atoms with Gasteiger partial charge in [0.25, 0.3) is 0 Å². The number of sulfonamides is 1. The topological polar surface area (TPSA) is 72.5 Å². The molecule has 24 heavy (non-hydrogen) atoms. The van der Waals surface area contributed by atoms with Gasteiger partial charge in [-0.1, -0.05) is 31.9 Å². The number of esters is 1. The zero-order valence-corrected chi connectivity index (χ0v) is 14.7. The number of hydrogen-bond donors (Lipinski definition) is 1. The van der Waals surface area contributed by atoms with Crippen LogP contribution in [0.3, 0.4) is 0 Å². The Balaban J connectivity index is 3.27. The van der Waals surface area contributed by atoms with E-state index in [1.165, 1.54) is 0 Å². The Morgan fingerprint density at radius 1 is 1.38 bits per heavy atom. The minimum absolute atomic E-state index is 0.415. The number of ether oxygens (including phenoxy) is 1. The van der Waals surface area contributed by atoms with Crippen LogP contribution in [0.5, 0.6) is 0 Å². The van der Waals surface area contributed by atoms with Crippen molar-refractivity contribution < 1.29 is 31.1 Å². The molecule has 5 nitrogen and oxygen atoms in total. The number of methoxy groups -OCH3 is 1. The van der Waals surface area contributed by atoms with Crippen LogP contribution in [0.15, 0.2) is 23.1 Å². The molecule has 0 radical (unpaired) electrons. The second kappa shape index (κ2) is 7.71. The molecule has 0 aromatic heterocycles. The summed E-state index contributed by atoms with van der Waals surface area (Å²) in [6, 6.07) is 0.991. The van der Waals surface area contributed by atoms with Gasteiger partial charge in [-0.15, -0.1) is 0 Å². The molecule has 0 saturated carbocycles. The standard InChI is InChI=1S/C14H17ClF3NO4S/c1-4-8(2)12(13(20)23-3)19-24(21,22)9-5-6-11(15)10(7-9)14(16,17)18/h5-8,12,19H,4H2,1-3H3/t8-,12-/m1/s1. The maximum Gasteiger partial charge on any atom is 0.417 e. The maximum absolute atomic E-state index is 12.9. The second-order valence-electron chi connectivity index (χ2n) is 5.15. The van der Waals surface area contributed by atoms with E-state index in [1.807, 2.05) is 0 Å². The molecule has 10 heteroatoms. The third-order valence-corrected chi connectivity index (χ3v) is 5.27. The Morgan fingerprint density at radius 3 is 2.42 bits per heavy atom. The zero-order chi connectivity index (χ0) is 18.7. The van der Waals surface area contributed by atoms with Crippen molar-refractivity contribution in [1.82, 2.24) is 4.72 Å². The van der Waals surface area contributed by atoms with E-state index in [-0.39, 0.29) is 0 Å². The van der Waals surface area contributed by atoms with E-state index in [1.54, 1.807) is 13.8 Å². The van der Waals surface area contributed by atoms with E-state index >= 15 is 0 Å². The summed E-state index contributed by atoms with van der Waals surface area (Å²) in [6.07, 6.45) is -4.35. The summed E-state index contributed by atoms with van der Waals surface area (Å²) < 4.78 is 69.9. The monoisotopic (exact) mass is 387 g/mol. The third kappa shape index (κ3) is 4.84. The van der Waals surface area contributed by atoms with Gasteiger partial charge in [-0.05, 0) is 24.1 Å². The maximum atomic E-state index is 12.9. The fraction of sp³-hybridized carbons (Fsp3) is 0.500. The molecule has 2 atom stereocenters. The first kappa shape index (κ1) is 20.7. The average Bonchev–Trinajstić information content (AvgIpc) is 2.50. The number of rotatable bonds is 6. The summed E-state index contributed by atoms with van der Waals surface area (Å²) in [5.74, 6) is -1.24. The van der Waals surface area contributed by atoms with Crippen LogP contribution >= 0.6 is 11.6 Å². The van der Waals surface area contributed by atoms with Crippen molar-refractivity contribution >= 4 is 27.6 Å². The molecule has 1 aromatic rings. The zero-order valence-electron chi connectivity index (χ0n) is 13.1. The highest BCUT2D eigenvalue weighted by atomic mass is 35.5. The summed E-state index contributed by atoms with van der Waals surface area (Å²) in [6.45, 7) is 3.35. The second-order valence-corrected chi connectivity index (χ2v) is 7.27. The first-order chi connectivity index (χ1) is 10.9. The largest absolute Gasteiger partial charge is 0.468 e. The van der Waals surface area contributed by atoms with Crippen molar-refractivity contribution in [2.24, 2.45) is 5.92 Å². The van der Waals surface area contributed by atoms with Gasteiger partial charge >= 0.3 is 12.1 Å². The van der Waals surface area contributed by atoms with Gasteiger partial charge in [0.15, 0.2) is 0 Å². The van der Waals surface area contributed by atoms with Crippen LogP contribution in [0, 0.1) is 5.92 Å². The van der Waals surface area contributed by atoms with E-state index in [0.717, 1.165) is 19.2 Å². The lowest BCUT2D eigenvalue weighted by Gasteiger charge is -2.22. The predicted octanol–water partition coefficient (Wildman–Crippen LogP) is 3.22. The molecule has 0 amide bonds. The molecule has 0 saturated heterocycles. The molecule has 0 aliphatic heterocycles. The number of carbonyl (C=O) groups is 1. The molecular weight excluding hydrogens is 371 g/mol. The van der Waals surface area contributed by atoms with Gasteiger partial charge in [0.1, 0.15) is 6.04 Å². The summed E-state index contributed by atoms with van der Waals surface area (Å²) in [4.78, 5) is 11.1. The SMILES string of the molecule is CC[C@@H](C)[C@@H](NS(=O)(=O)c1ccc(Cl)c(C(F)(F)F)c1)C(=O)OC. The Bertz CT molecular complexity index is 706. The Kier molecular flexibility index (Phi) is 6.66. The van der Waals surface area contributed by atoms with Gasteiger partial charge in [0.2, 0.25) is 10.0 Å². The quantitative estimate of drug-likeness (QED) is 0.761. The lowest BCUT2D eigenvalue weighted by Crippen LogP contribution is -2.45. The summed E-state index contributed by atoms with van der Waals surface area (Å²) >= 11 is 5.47. The van der Waals surface area contributed by atoms with Crippen molar-refractivity contribution in [1.29, 1.82) is 0 Å². The number of hydrogen-bond acceptors (Lipinski definition) is 4. The molecule has 0 unspecified atom stereocenters. The minimum Gasteiger partial charge on any atom is -0.468 e. The smallest absolute Gasteiger partial charge is 0.417 e. The molecule has 1 N–H and O–H groups in total. The van der Waals surface area contributed by atoms with E-state index in [0.29, 0.717) is 12.5 Å². The minimum atomic E-state index is -4.80. The van der Waals surface area contributed by atoms with E-state index in [2.05, 4.69) is 9.46 Å². The highest BCUT2D eigenvalue weighted by Crippen LogP contribution is 2.36. The van der Waals surface area contributed by atoms with Crippen LogP contribution in [-0.4, -0.2) is 27.5 Å². The van der Waals surface area contributed by atoms with Gasteiger partial charge < -0.3 is 4.74 Å². The fourth-order valence-electron chi connectivity index (χ4n) is 1.88. The molecule has 0 fully saturated rings. The van der Waals surface area contributed by atoms with Crippen molar-refractivity contribution in [2.75, 3.05) is 7.11 Å².